The molecule has 0 atom stereocenters. The Morgan fingerprint density at radius 1 is 1.60 bits per heavy atom. The van der Waals surface area contributed by atoms with Gasteiger partial charge in [-0.2, -0.15) is 0 Å². The first-order valence-electron chi connectivity index (χ1n) is 3.48. The molecule has 0 aromatic rings. The van der Waals surface area contributed by atoms with Gasteiger partial charge >= 0.3 is 0 Å². The summed E-state index contributed by atoms with van der Waals surface area (Å²) in [7, 11) is 0. The van der Waals surface area contributed by atoms with Crippen molar-refractivity contribution in [3.63, 3.8) is 0 Å². The molecule has 0 aliphatic rings. The second-order valence-electron chi connectivity index (χ2n) is 2.69. The van der Waals surface area contributed by atoms with Crippen LogP contribution in [0.4, 0.5) is 0 Å². The zero-order valence-electron chi connectivity index (χ0n) is 6.80. The third kappa shape index (κ3) is 4.07. The van der Waals surface area contributed by atoms with Gasteiger partial charge in [-0.25, -0.2) is 0 Å². The third-order valence-corrected chi connectivity index (χ3v) is 1.16. The zero-order valence-corrected chi connectivity index (χ0v) is 6.80. The van der Waals surface area contributed by atoms with Crippen LogP contribution in [0.5, 0.6) is 0 Å². The molecular weight excluding hydrogens is 122 g/mol. The molecule has 0 saturated heterocycles. The molecule has 0 fully saturated rings. The van der Waals surface area contributed by atoms with Crippen molar-refractivity contribution in [2.45, 2.75) is 20.3 Å². The highest BCUT2D eigenvalue weighted by Gasteiger charge is 1.95. The summed E-state index contributed by atoms with van der Waals surface area (Å²) in [6.45, 7) is 11.4. The number of hydrogen-bond donors (Lipinski definition) is 0. The predicted octanol–water partition coefficient (Wildman–Crippen LogP) is 2.80. The normalized spacial score (nSPS) is 11.7. The first-order valence-corrected chi connectivity index (χ1v) is 3.48. The molecule has 0 aliphatic carbocycles. The lowest BCUT2D eigenvalue weighted by molar-refractivity contribution is 0.649. The minimum Gasteiger partial charge on any atom is -0.272 e. The fourth-order valence-corrected chi connectivity index (χ4v) is 0.777. The van der Waals surface area contributed by atoms with Crippen LogP contribution in [0.25, 0.3) is 0 Å². The maximum absolute atomic E-state index is 3.68. The molecular formula is C9H15N. The molecule has 0 heterocycles. The Kier molecular flexibility index (Phi) is 4.55. The molecule has 0 aliphatic heterocycles. The molecule has 1 heteroatoms. The number of allylic oxidation sites excluding steroid dienone is 2. The van der Waals surface area contributed by atoms with Crippen LogP contribution in [0.2, 0.25) is 0 Å². The Morgan fingerprint density at radius 2 is 2.20 bits per heavy atom. The maximum Gasteiger partial charge on any atom is 0.0292 e. The average Bonchev–Trinajstić information content (AvgIpc) is 1.86. The highest BCUT2D eigenvalue weighted by atomic mass is 14.6. The van der Waals surface area contributed by atoms with Crippen molar-refractivity contribution in [1.29, 1.82) is 0 Å². The van der Waals surface area contributed by atoms with E-state index in [1.807, 2.05) is 6.08 Å². The fourth-order valence-electron chi connectivity index (χ4n) is 0.777. The van der Waals surface area contributed by atoms with Crippen LogP contribution in [-0.2, 0) is 0 Å². The monoisotopic (exact) mass is 137 g/mol. The van der Waals surface area contributed by atoms with Crippen molar-refractivity contribution in [3.8, 4) is 0 Å². The van der Waals surface area contributed by atoms with Gasteiger partial charge in [0.15, 0.2) is 0 Å². The summed E-state index contributed by atoms with van der Waals surface area (Å²) in [4.78, 5) is 3.68. The lowest BCUT2D eigenvalue weighted by atomic mass is 10.0. The van der Waals surface area contributed by atoms with Gasteiger partial charge in [0.25, 0.3) is 0 Å². The van der Waals surface area contributed by atoms with Gasteiger partial charge in [-0.15, -0.1) is 0 Å². The summed E-state index contributed by atoms with van der Waals surface area (Å²) in [6.07, 6.45) is 4.62. The lowest BCUT2D eigenvalue weighted by Crippen LogP contribution is -1.87. The first kappa shape index (κ1) is 9.15. The van der Waals surface area contributed by atoms with Crippen LogP contribution in [-0.4, -0.2) is 6.72 Å². The van der Waals surface area contributed by atoms with E-state index >= 15 is 0 Å². The Labute approximate surface area is 63.2 Å². The van der Waals surface area contributed by atoms with Crippen LogP contribution in [0.3, 0.4) is 0 Å². The standard InChI is InChI=1S/C9H15N/c1-5-9(7-10-4)6-8(2)3/h5,7-8H,1,4,6H2,2-3H3/b9-7+. The van der Waals surface area contributed by atoms with Crippen LogP contribution < -0.4 is 0 Å². The van der Waals surface area contributed by atoms with Crippen LogP contribution in [0, 0.1) is 5.92 Å². The molecule has 10 heavy (non-hydrogen) atoms. The molecule has 0 saturated carbocycles. The van der Waals surface area contributed by atoms with E-state index in [0.717, 1.165) is 12.0 Å². The minimum atomic E-state index is 0.658. The summed E-state index contributed by atoms with van der Waals surface area (Å²) >= 11 is 0. The Balaban J connectivity index is 3.95. The van der Waals surface area contributed by atoms with Crippen molar-refractivity contribution in [2.75, 3.05) is 0 Å². The summed E-state index contributed by atoms with van der Waals surface area (Å²) in [6, 6.07) is 0. The number of nitrogens with zero attached hydrogens (tertiary/aromatic N) is 1. The minimum absolute atomic E-state index is 0.658. The Hall–Kier alpha value is -0.850. The molecule has 0 N–H and O–H groups in total. The molecule has 56 valence electrons. The van der Waals surface area contributed by atoms with Gasteiger partial charge in [0.2, 0.25) is 0 Å². The fraction of sp³-hybridized carbons (Fsp3) is 0.444. The van der Waals surface area contributed by atoms with E-state index in [9.17, 15) is 0 Å². The van der Waals surface area contributed by atoms with Gasteiger partial charge in [-0.05, 0) is 24.6 Å². The number of aliphatic imine (C=N–C) groups is 1. The van der Waals surface area contributed by atoms with Gasteiger partial charge in [0.05, 0.1) is 0 Å². The lowest BCUT2D eigenvalue weighted by Gasteiger charge is -2.02. The van der Waals surface area contributed by atoms with E-state index in [2.05, 4.69) is 32.1 Å². The Bertz CT molecular complexity index is 143. The molecule has 0 unspecified atom stereocenters. The summed E-state index contributed by atoms with van der Waals surface area (Å²) in [5.74, 6) is 0.658. The van der Waals surface area contributed by atoms with Crippen LogP contribution >= 0.6 is 0 Å². The molecule has 0 aromatic heterocycles. The second kappa shape index (κ2) is 4.98. The topological polar surface area (TPSA) is 12.4 Å². The summed E-state index contributed by atoms with van der Waals surface area (Å²) < 4.78 is 0. The smallest absolute Gasteiger partial charge is 0.0292 e. The molecule has 0 spiro atoms. The van der Waals surface area contributed by atoms with Crippen molar-refractivity contribution in [2.24, 2.45) is 10.9 Å². The molecule has 0 amide bonds. The van der Waals surface area contributed by atoms with E-state index in [0.29, 0.717) is 5.92 Å². The molecule has 0 rings (SSSR count). The van der Waals surface area contributed by atoms with E-state index in [4.69, 9.17) is 0 Å². The third-order valence-electron chi connectivity index (χ3n) is 1.16. The molecule has 0 radical (unpaired) electrons. The maximum atomic E-state index is 3.68. The summed E-state index contributed by atoms with van der Waals surface area (Å²) in [5, 5.41) is 0. The van der Waals surface area contributed by atoms with Crippen molar-refractivity contribution >= 4 is 6.72 Å². The summed E-state index contributed by atoms with van der Waals surface area (Å²) in [5.41, 5.74) is 1.16. The van der Waals surface area contributed by atoms with Crippen molar-refractivity contribution in [3.05, 3.63) is 24.4 Å². The van der Waals surface area contributed by atoms with E-state index < -0.39 is 0 Å². The molecule has 0 bridgehead atoms. The first-order chi connectivity index (χ1) is 4.70. The van der Waals surface area contributed by atoms with Gasteiger partial charge in [0.1, 0.15) is 0 Å². The van der Waals surface area contributed by atoms with Gasteiger partial charge in [-0.1, -0.05) is 26.5 Å². The molecule has 0 aromatic carbocycles. The van der Waals surface area contributed by atoms with Crippen molar-refractivity contribution in [1.82, 2.24) is 0 Å². The van der Waals surface area contributed by atoms with Gasteiger partial charge in [-0.3, -0.25) is 4.99 Å². The Morgan fingerprint density at radius 3 is 2.50 bits per heavy atom. The van der Waals surface area contributed by atoms with Gasteiger partial charge < -0.3 is 0 Å². The molecule has 1 nitrogen and oxygen atoms in total. The van der Waals surface area contributed by atoms with E-state index in [1.54, 1.807) is 6.20 Å². The average molecular weight is 137 g/mol. The highest BCUT2D eigenvalue weighted by Crippen LogP contribution is 2.10. The largest absolute Gasteiger partial charge is 0.272 e. The second-order valence-corrected chi connectivity index (χ2v) is 2.69. The zero-order chi connectivity index (χ0) is 7.98. The predicted molar refractivity (Wildman–Crippen MR) is 47.3 cm³/mol. The van der Waals surface area contributed by atoms with Crippen LogP contribution in [0.15, 0.2) is 29.4 Å². The SMILES string of the molecule is C=C/C(=C\N=C)CC(C)C. The van der Waals surface area contributed by atoms with E-state index in [-0.39, 0.29) is 0 Å². The quantitative estimate of drug-likeness (QED) is 0.417. The van der Waals surface area contributed by atoms with E-state index in [1.165, 1.54) is 0 Å². The number of rotatable bonds is 4. The van der Waals surface area contributed by atoms with Gasteiger partial charge in [0, 0.05) is 6.20 Å². The number of hydrogen-bond acceptors (Lipinski definition) is 1. The van der Waals surface area contributed by atoms with Crippen LogP contribution in [0.1, 0.15) is 20.3 Å². The van der Waals surface area contributed by atoms with Crippen molar-refractivity contribution < 1.29 is 0 Å². The highest BCUT2D eigenvalue weighted by molar-refractivity contribution is 5.28.